The summed E-state index contributed by atoms with van der Waals surface area (Å²) in [6.07, 6.45) is -1.88. The molecule has 0 aliphatic rings. The Morgan fingerprint density at radius 1 is 1.08 bits per heavy atom. The van der Waals surface area contributed by atoms with Crippen LogP contribution in [0, 0.1) is 0 Å². The van der Waals surface area contributed by atoms with Gasteiger partial charge in [-0.3, -0.25) is 0 Å². The summed E-state index contributed by atoms with van der Waals surface area (Å²) >= 11 is 5.99. The van der Waals surface area contributed by atoms with Crippen molar-refractivity contribution in [3.05, 3.63) is 65.6 Å². The van der Waals surface area contributed by atoms with E-state index >= 15 is 0 Å². The minimum Gasteiger partial charge on any atom is -0.463 e. The van der Waals surface area contributed by atoms with Crippen molar-refractivity contribution in [2.75, 3.05) is 0 Å². The van der Waals surface area contributed by atoms with Crippen LogP contribution in [-0.4, -0.2) is 14.6 Å². The molecule has 0 amide bonds. The van der Waals surface area contributed by atoms with Gasteiger partial charge in [0.1, 0.15) is 5.69 Å². The van der Waals surface area contributed by atoms with Crippen LogP contribution < -0.4 is 0 Å². The van der Waals surface area contributed by atoms with Gasteiger partial charge in [0.05, 0.1) is 12.5 Å². The van der Waals surface area contributed by atoms with Crippen LogP contribution in [0.2, 0.25) is 5.02 Å². The third kappa shape index (κ3) is 2.76. The van der Waals surface area contributed by atoms with E-state index in [0.717, 1.165) is 10.6 Å². The van der Waals surface area contributed by atoms with E-state index in [4.69, 9.17) is 16.0 Å². The molecular formula is C17H9ClF3N3O. The lowest BCUT2D eigenvalue weighted by molar-refractivity contribution is -0.142. The van der Waals surface area contributed by atoms with E-state index in [0.29, 0.717) is 16.1 Å². The molecule has 0 radical (unpaired) electrons. The van der Waals surface area contributed by atoms with E-state index in [2.05, 4.69) is 10.1 Å². The molecule has 4 nitrogen and oxygen atoms in total. The normalized spacial score (nSPS) is 12.0. The second-order valence-corrected chi connectivity index (χ2v) is 5.74. The van der Waals surface area contributed by atoms with Gasteiger partial charge in [0.2, 0.25) is 0 Å². The van der Waals surface area contributed by atoms with E-state index in [1.54, 1.807) is 36.4 Å². The summed E-state index contributed by atoms with van der Waals surface area (Å²) < 4.78 is 46.4. The zero-order valence-corrected chi connectivity index (χ0v) is 13.2. The molecule has 1 aromatic carbocycles. The van der Waals surface area contributed by atoms with E-state index < -0.39 is 11.9 Å². The molecule has 0 N–H and O–H groups in total. The van der Waals surface area contributed by atoms with E-state index in [1.807, 2.05) is 0 Å². The summed E-state index contributed by atoms with van der Waals surface area (Å²) in [7, 11) is 0. The van der Waals surface area contributed by atoms with Crippen LogP contribution in [0.25, 0.3) is 28.2 Å². The number of fused-ring (bicyclic) bond motifs is 1. The molecule has 4 aromatic rings. The highest BCUT2D eigenvalue weighted by atomic mass is 35.5. The van der Waals surface area contributed by atoms with Crippen molar-refractivity contribution in [2.45, 2.75) is 6.18 Å². The van der Waals surface area contributed by atoms with Gasteiger partial charge in [0, 0.05) is 10.6 Å². The van der Waals surface area contributed by atoms with Gasteiger partial charge in [0.25, 0.3) is 0 Å². The number of benzene rings is 1. The van der Waals surface area contributed by atoms with Crippen molar-refractivity contribution >= 4 is 17.2 Å². The van der Waals surface area contributed by atoms with Crippen LogP contribution in [0.15, 0.2) is 59.3 Å². The topological polar surface area (TPSA) is 43.3 Å². The summed E-state index contributed by atoms with van der Waals surface area (Å²) in [4.78, 5) is 4.32. The first-order chi connectivity index (χ1) is 11.9. The summed E-state index contributed by atoms with van der Waals surface area (Å²) in [6, 6.07) is 10.8. The lowest BCUT2D eigenvalue weighted by Gasteiger charge is -2.10. The Hall–Kier alpha value is -2.80. The highest BCUT2D eigenvalue weighted by molar-refractivity contribution is 6.30. The Morgan fingerprint density at radius 2 is 1.92 bits per heavy atom. The molecule has 25 heavy (non-hydrogen) atoms. The number of alkyl halides is 3. The van der Waals surface area contributed by atoms with Crippen LogP contribution in [0.5, 0.6) is 0 Å². The maximum atomic E-state index is 13.5. The molecule has 0 saturated carbocycles. The fraction of sp³-hybridized carbons (Fsp3) is 0.0588. The highest BCUT2D eigenvalue weighted by Crippen LogP contribution is 2.35. The number of nitrogens with zero attached hydrogens (tertiary/aromatic N) is 3. The maximum absolute atomic E-state index is 13.5. The molecule has 0 aliphatic carbocycles. The van der Waals surface area contributed by atoms with Crippen molar-refractivity contribution < 1.29 is 17.6 Å². The van der Waals surface area contributed by atoms with Gasteiger partial charge in [-0.05, 0) is 35.9 Å². The van der Waals surface area contributed by atoms with Gasteiger partial charge in [-0.1, -0.05) is 23.7 Å². The number of furan rings is 1. The molecule has 0 bridgehead atoms. The first kappa shape index (κ1) is 15.7. The van der Waals surface area contributed by atoms with Gasteiger partial charge in [-0.25, -0.2) is 9.50 Å². The molecule has 0 spiro atoms. The predicted octanol–water partition coefficient (Wildman–Crippen LogP) is 5.33. The second-order valence-electron chi connectivity index (χ2n) is 5.31. The van der Waals surface area contributed by atoms with E-state index in [1.165, 1.54) is 12.5 Å². The smallest absolute Gasteiger partial charge is 0.433 e. The number of hydrogen-bond acceptors (Lipinski definition) is 3. The Balaban J connectivity index is 2.03. The monoisotopic (exact) mass is 363 g/mol. The minimum absolute atomic E-state index is 0.0727. The second kappa shape index (κ2) is 5.63. The zero-order valence-electron chi connectivity index (χ0n) is 12.5. The van der Waals surface area contributed by atoms with Gasteiger partial charge in [-0.15, -0.1) is 0 Å². The molecule has 0 unspecified atom stereocenters. The van der Waals surface area contributed by atoms with Gasteiger partial charge in [0.15, 0.2) is 17.1 Å². The standard InChI is InChI=1S/C17H9ClF3N3O/c18-11-4-1-3-10(7-11)12-9-22-24-15(17(19,20)21)8-13(23-16(12)24)14-5-2-6-25-14/h1-9H. The quantitative estimate of drug-likeness (QED) is 0.483. The molecule has 0 saturated heterocycles. The van der Waals surface area contributed by atoms with Gasteiger partial charge < -0.3 is 4.42 Å². The molecular weight excluding hydrogens is 355 g/mol. The largest absolute Gasteiger partial charge is 0.463 e. The summed E-state index contributed by atoms with van der Waals surface area (Å²) in [5, 5.41) is 4.34. The lowest BCUT2D eigenvalue weighted by atomic mass is 10.1. The summed E-state index contributed by atoms with van der Waals surface area (Å²) in [5.41, 5.74) is 0.287. The van der Waals surface area contributed by atoms with Crippen molar-refractivity contribution in [3.8, 4) is 22.6 Å². The fourth-order valence-electron chi connectivity index (χ4n) is 2.57. The molecule has 0 aliphatic heterocycles. The minimum atomic E-state index is -4.60. The Labute approximate surface area is 144 Å². The Bertz CT molecular complexity index is 1050. The van der Waals surface area contributed by atoms with Crippen molar-refractivity contribution in [1.82, 2.24) is 14.6 Å². The molecule has 3 aromatic heterocycles. The van der Waals surface area contributed by atoms with Crippen molar-refractivity contribution in [2.24, 2.45) is 0 Å². The number of halogens is 4. The predicted molar refractivity (Wildman–Crippen MR) is 86.1 cm³/mol. The first-order valence-electron chi connectivity index (χ1n) is 7.19. The molecule has 3 heterocycles. The van der Waals surface area contributed by atoms with Crippen molar-refractivity contribution in [3.63, 3.8) is 0 Å². The molecule has 0 atom stereocenters. The summed E-state index contributed by atoms with van der Waals surface area (Å²) in [5.74, 6) is 0.242. The SMILES string of the molecule is FC(F)(F)c1cc(-c2ccco2)nc2c(-c3cccc(Cl)c3)cnn12. The van der Waals surface area contributed by atoms with Crippen molar-refractivity contribution in [1.29, 1.82) is 0 Å². The summed E-state index contributed by atoms with van der Waals surface area (Å²) in [6.45, 7) is 0. The molecule has 126 valence electrons. The van der Waals surface area contributed by atoms with Gasteiger partial charge >= 0.3 is 6.18 Å². The number of aromatic nitrogens is 3. The zero-order chi connectivity index (χ0) is 17.6. The Morgan fingerprint density at radius 3 is 2.60 bits per heavy atom. The third-order valence-corrected chi connectivity index (χ3v) is 3.91. The third-order valence-electron chi connectivity index (χ3n) is 3.67. The average molecular weight is 364 g/mol. The molecule has 4 rings (SSSR count). The first-order valence-corrected chi connectivity index (χ1v) is 7.57. The lowest BCUT2D eigenvalue weighted by Crippen LogP contribution is -2.13. The average Bonchev–Trinajstić information content (AvgIpc) is 3.22. The van der Waals surface area contributed by atoms with E-state index in [-0.39, 0.29) is 17.1 Å². The fourth-order valence-corrected chi connectivity index (χ4v) is 2.77. The maximum Gasteiger partial charge on any atom is 0.433 e. The molecule has 8 heteroatoms. The van der Waals surface area contributed by atoms with Gasteiger partial charge in [-0.2, -0.15) is 18.3 Å². The van der Waals surface area contributed by atoms with Crippen LogP contribution in [-0.2, 0) is 6.18 Å². The van der Waals surface area contributed by atoms with Crippen LogP contribution in [0.4, 0.5) is 13.2 Å². The van der Waals surface area contributed by atoms with Crippen LogP contribution in [0.1, 0.15) is 5.69 Å². The van der Waals surface area contributed by atoms with E-state index in [9.17, 15) is 13.2 Å². The highest BCUT2D eigenvalue weighted by Gasteiger charge is 2.35. The molecule has 0 fully saturated rings. The number of hydrogen-bond donors (Lipinski definition) is 0. The van der Waals surface area contributed by atoms with Crippen LogP contribution in [0.3, 0.4) is 0 Å². The Kier molecular flexibility index (Phi) is 3.54. The number of rotatable bonds is 2. The van der Waals surface area contributed by atoms with Crippen LogP contribution >= 0.6 is 11.6 Å².